The van der Waals surface area contributed by atoms with Crippen LogP contribution in [0.5, 0.6) is 0 Å². The zero-order chi connectivity index (χ0) is 15.2. The zero-order valence-corrected chi connectivity index (χ0v) is 12.7. The number of rotatable bonds is 5. The molecule has 21 heavy (non-hydrogen) atoms. The van der Waals surface area contributed by atoms with Crippen molar-refractivity contribution in [3.05, 3.63) is 65.5 Å². The fourth-order valence-corrected chi connectivity index (χ4v) is 2.30. The van der Waals surface area contributed by atoms with E-state index in [1.807, 2.05) is 26.2 Å². The SMILES string of the molecule is CC(=O)NC(c1ccncc1)c1ccc(CN(C)C)cc1. The lowest BCUT2D eigenvalue weighted by Crippen LogP contribution is -2.26. The Hall–Kier alpha value is -2.20. The smallest absolute Gasteiger partial charge is 0.217 e. The molecule has 1 aromatic heterocycles. The second kappa shape index (κ2) is 6.99. The number of pyridine rings is 1. The number of amides is 1. The molecule has 0 fully saturated rings. The van der Waals surface area contributed by atoms with Crippen molar-refractivity contribution in [3.8, 4) is 0 Å². The Kier molecular flexibility index (Phi) is 5.06. The van der Waals surface area contributed by atoms with Crippen LogP contribution in [-0.2, 0) is 11.3 Å². The van der Waals surface area contributed by atoms with E-state index < -0.39 is 0 Å². The average molecular weight is 283 g/mol. The van der Waals surface area contributed by atoms with E-state index in [0.29, 0.717) is 0 Å². The van der Waals surface area contributed by atoms with Crippen molar-refractivity contribution in [2.75, 3.05) is 14.1 Å². The van der Waals surface area contributed by atoms with Crippen molar-refractivity contribution in [1.82, 2.24) is 15.2 Å². The van der Waals surface area contributed by atoms with Gasteiger partial charge in [-0.15, -0.1) is 0 Å². The van der Waals surface area contributed by atoms with Crippen molar-refractivity contribution >= 4 is 5.91 Å². The Morgan fingerprint density at radius 3 is 2.19 bits per heavy atom. The number of nitrogens with zero attached hydrogens (tertiary/aromatic N) is 2. The molecule has 0 aliphatic heterocycles. The highest BCUT2D eigenvalue weighted by atomic mass is 16.1. The predicted molar refractivity (Wildman–Crippen MR) is 83.7 cm³/mol. The first-order chi connectivity index (χ1) is 10.1. The molecule has 1 aromatic carbocycles. The molecule has 1 heterocycles. The Bertz CT molecular complexity index is 579. The summed E-state index contributed by atoms with van der Waals surface area (Å²) >= 11 is 0. The number of nitrogens with one attached hydrogen (secondary N) is 1. The Balaban J connectivity index is 2.27. The molecule has 4 nitrogen and oxygen atoms in total. The topological polar surface area (TPSA) is 45.2 Å². The first-order valence-corrected chi connectivity index (χ1v) is 6.97. The fraction of sp³-hybridized carbons (Fsp3) is 0.294. The molecule has 1 unspecified atom stereocenters. The van der Waals surface area contributed by atoms with Gasteiger partial charge in [0, 0.05) is 25.9 Å². The molecular formula is C17H21N3O. The van der Waals surface area contributed by atoms with Crippen molar-refractivity contribution in [2.45, 2.75) is 19.5 Å². The maximum absolute atomic E-state index is 11.5. The van der Waals surface area contributed by atoms with Gasteiger partial charge in [0.15, 0.2) is 0 Å². The summed E-state index contributed by atoms with van der Waals surface area (Å²) in [5.74, 6) is -0.0471. The van der Waals surface area contributed by atoms with Crippen molar-refractivity contribution in [3.63, 3.8) is 0 Å². The summed E-state index contributed by atoms with van der Waals surface area (Å²) in [5, 5.41) is 3.00. The van der Waals surface area contributed by atoms with Crippen molar-refractivity contribution in [2.24, 2.45) is 0 Å². The minimum Gasteiger partial charge on any atom is -0.345 e. The molecule has 0 saturated carbocycles. The first-order valence-electron chi connectivity index (χ1n) is 6.97. The summed E-state index contributed by atoms with van der Waals surface area (Å²) in [7, 11) is 4.09. The Labute approximate surface area is 125 Å². The third kappa shape index (κ3) is 4.39. The quantitative estimate of drug-likeness (QED) is 0.916. The second-order valence-corrected chi connectivity index (χ2v) is 5.39. The van der Waals surface area contributed by atoms with Crippen LogP contribution in [0.15, 0.2) is 48.8 Å². The highest BCUT2D eigenvalue weighted by molar-refractivity contribution is 5.74. The number of carbonyl (C=O) groups is 1. The Morgan fingerprint density at radius 1 is 1.10 bits per heavy atom. The average Bonchev–Trinajstić information content (AvgIpc) is 2.46. The molecule has 0 radical (unpaired) electrons. The minimum atomic E-state index is -0.140. The molecule has 2 aromatic rings. The van der Waals surface area contributed by atoms with Crippen molar-refractivity contribution in [1.29, 1.82) is 0 Å². The maximum Gasteiger partial charge on any atom is 0.217 e. The number of carbonyl (C=O) groups excluding carboxylic acids is 1. The molecule has 0 bridgehead atoms. The summed E-state index contributed by atoms with van der Waals surface area (Å²) in [5.41, 5.74) is 3.35. The van der Waals surface area contributed by atoms with E-state index in [2.05, 4.69) is 39.5 Å². The molecule has 0 spiro atoms. The standard InChI is InChI=1S/C17H21N3O/c1-13(21)19-17(16-8-10-18-11-9-16)15-6-4-14(5-7-15)12-20(2)3/h4-11,17H,12H2,1-3H3,(H,19,21). The van der Waals surface area contributed by atoms with Crippen LogP contribution in [-0.4, -0.2) is 29.9 Å². The highest BCUT2D eigenvalue weighted by Crippen LogP contribution is 2.22. The summed E-state index contributed by atoms with van der Waals surface area (Å²) in [4.78, 5) is 17.6. The third-order valence-electron chi connectivity index (χ3n) is 3.20. The normalized spacial score (nSPS) is 12.2. The molecule has 0 aliphatic rings. The van der Waals surface area contributed by atoms with E-state index in [1.165, 1.54) is 12.5 Å². The zero-order valence-electron chi connectivity index (χ0n) is 12.7. The number of aromatic nitrogens is 1. The van der Waals surface area contributed by atoms with Gasteiger partial charge in [-0.1, -0.05) is 24.3 Å². The lowest BCUT2D eigenvalue weighted by Gasteiger charge is -2.19. The molecule has 110 valence electrons. The molecule has 1 amide bonds. The summed E-state index contributed by atoms with van der Waals surface area (Å²) in [6.07, 6.45) is 3.48. The lowest BCUT2D eigenvalue weighted by atomic mass is 9.98. The van der Waals surface area contributed by atoms with E-state index in [0.717, 1.165) is 17.7 Å². The van der Waals surface area contributed by atoms with Crippen LogP contribution in [0.2, 0.25) is 0 Å². The maximum atomic E-state index is 11.5. The Morgan fingerprint density at radius 2 is 1.67 bits per heavy atom. The van der Waals surface area contributed by atoms with Crippen LogP contribution in [0.25, 0.3) is 0 Å². The summed E-state index contributed by atoms with van der Waals surface area (Å²) in [6.45, 7) is 2.44. The van der Waals surface area contributed by atoms with Crippen LogP contribution in [0.1, 0.15) is 29.7 Å². The van der Waals surface area contributed by atoms with Gasteiger partial charge in [-0.25, -0.2) is 0 Å². The second-order valence-electron chi connectivity index (χ2n) is 5.39. The molecule has 0 aliphatic carbocycles. The van der Waals surface area contributed by atoms with Gasteiger partial charge in [0.05, 0.1) is 6.04 Å². The number of hydrogen-bond acceptors (Lipinski definition) is 3. The van der Waals surface area contributed by atoms with Gasteiger partial charge in [0.1, 0.15) is 0 Å². The number of benzene rings is 1. The van der Waals surface area contributed by atoms with Crippen LogP contribution in [0, 0.1) is 0 Å². The molecule has 0 saturated heterocycles. The fourth-order valence-electron chi connectivity index (χ4n) is 2.30. The van der Waals surface area contributed by atoms with E-state index in [4.69, 9.17) is 0 Å². The lowest BCUT2D eigenvalue weighted by molar-refractivity contribution is -0.119. The van der Waals surface area contributed by atoms with Crippen LogP contribution < -0.4 is 5.32 Å². The molecule has 1 atom stereocenters. The number of hydrogen-bond donors (Lipinski definition) is 1. The molecular weight excluding hydrogens is 262 g/mol. The van der Waals surface area contributed by atoms with E-state index >= 15 is 0 Å². The van der Waals surface area contributed by atoms with E-state index in [9.17, 15) is 4.79 Å². The summed E-state index contributed by atoms with van der Waals surface area (Å²) in [6, 6.07) is 12.1. The highest BCUT2D eigenvalue weighted by Gasteiger charge is 2.14. The minimum absolute atomic E-state index is 0.0471. The van der Waals surface area contributed by atoms with Crippen LogP contribution in [0.3, 0.4) is 0 Å². The van der Waals surface area contributed by atoms with Gasteiger partial charge in [0.25, 0.3) is 0 Å². The first kappa shape index (κ1) is 15.2. The van der Waals surface area contributed by atoms with Crippen LogP contribution in [0.4, 0.5) is 0 Å². The van der Waals surface area contributed by atoms with Gasteiger partial charge >= 0.3 is 0 Å². The van der Waals surface area contributed by atoms with E-state index in [-0.39, 0.29) is 11.9 Å². The van der Waals surface area contributed by atoms with Gasteiger partial charge in [-0.3, -0.25) is 9.78 Å². The predicted octanol–water partition coefficient (Wildman–Crippen LogP) is 2.37. The monoisotopic (exact) mass is 283 g/mol. The van der Waals surface area contributed by atoms with Gasteiger partial charge in [-0.05, 0) is 42.9 Å². The van der Waals surface area contributed by atoms with Gasteiger partial charge < -0.3 is 10.2 Å². The van der Waals surface area contributed by atoms with Crippen LogP contribution >= 0.6 is 0 Å². The van der Waals surface area contributed by atoms with Crippen molar-refractivity contribution < 1.29 is 4.79 Å². The van der Waals surface area contributed by atoms with Gasteiger partial charge in [-0.2, -0.15) is 0 Å². The molecule has 1 N–H and O–H groups in total. The largest absolute Gasteiger partial charge is 0.345 e. The van der Waals surface area contributed by atoms with E-state index in [1.54, 1.807) is 12.4 Å². The molecule has 4 heteroatoms. The van der Waals surface area contributed by atoms with Gasteiger partial charge in [0.2, 0.25) is 5.91 Å². The summed E-state index contributed by atoms with van der Waals surface area (Å²) < 4.78 is 0. The molecule has 2 rings (SSSR count). The third-order valence-corrected chi connectivity index (χ3v) is 3.20.